The van der Waals surface area contributed by atoms with Crippen LogP contribution >= 0.6 is 0 Å². The molecule has 1 aromatic heterocycles. The van der Waals surface area contributed by atoms with Crippen molar-refractivity contribution in [2.45, 2.75) is 25.9 Å². The molecular formula is C11H15FN2O2. The van der Waals surface area contributed by atoms with E-state index in [2.05, 4.69) is 15.0 Å². The van der Waals surface area contributed by atoms with Gasteiger partial charge < -0.3 is 4.74 Å². The predicted octanol–water partition coefficient (Wildman–Crippen LogP) is 1.43. The molecule has 16 heavy (non-hydrogen) atoms. The number of ether oxygens (including phenoxy) is 1. The van der Waals surface area contributed by atoms with Crippen LogP contribution in [0.1, 0.15) is 25.5 Å². The molecule has 0 aliphatic heterocycles. The molecule has 0 aliphatic carbocycles. The fraction of sp³-hybridized carbons (Fsp3) is 0.455. The van der Waals surface area contributed by atoms with Crippen molar-refractivity contribution < 1.29 is 13.9 Å². The molecule has 1 heterocycles. The highest BCUT2D eigenvalue weighted by atomic mass is 19.1. The maximum Gasteiger partial charge on any atom is 0.322 e. The zero-order valence-corrected chi connectivity index (χ0v) is 9.53. The summed E-state index contributed by atoms with van der Waals surface area (Å²) < 4.78 is 17.5. The highest BCUT2D eigenvalue weighted by Gasteiger charge is 2.16. The molecule has 0 aliphatic rings. The average molecular weight is 226 g/mol. The minimum absolute atomic E-state index is 0.169. The smallest absolute Gasteiger partial charge is 0.322 e. The van der Waals surface area contributed by atoms with Gasteiger partial charge in [-0.2, -0.15) is 0 Å². The van der Waals surface area contributed by atoms with Crippen molar-refractivity contribution in [2.24, 2.45) is 0 Å². The van der Waals surface area contributed by atoms with Gasteiger partial charge in [0, 0.05) is 12.2 Å². The van der Waals surface area contributed by atoms with Crippen molar-refractivity contribution in [1.29, 1.82) is 0 Å². The Hall–Kier alpha value is -1.49. The van der Waals surface area contributed by atoms with Crippen LogP contribution in [0.15, 0.2) is 18.5 Å². The van der Waals surface area contributed by atoms with Crippen molar-refractivity contribution in [3.8, 4) is 0 Å². The molecule has 0 fully saturated rings. The number of methoxy groups -OCH3 is 1. The third-order valence-electron chi connectivity index (χ3n) is 2.28. The Kier molecular flexibility index (Phi) is 4.37. The molecule has 1 rings (SSSR count). The largest absolute Gasteiger partial charge is 0.468 e. The summed E-state index contributed by atoms with van der Waals surface area (Å²) in [4.78, 5) is 14.9. The van der Waals surface area contributed by atoms with E-state index in [9.17, 15) is 9.18 Å². The Morgan fingerprint density at radius 1 is 1.50 bits per heavy atom. The Bertz CT molecular complexity index is 371. The lowest BCUT2D eigenvalue weighted by molar-refractivity contribution is -0.142. The van der Waals surface area contributed by atoms with Gasteiger partial charge >= 0.3 is 5.97 Å². The topological polar surface area (TPSA) is 51.2 Å². The number of nitrogens with one attached hydrogen (secondary N) is 1. The first-order valence-electron chi connectivity index (χ1n) is 4.99. The van der Waals surface area contributed by atoms with E-state index in [1.807, 2.05) is 6.92 Å². The fourth-order valence-electron chi connectivity index (χ4n) is 1.38. The summed E-state index contributed by atoms with van der Waals surface area (Å²) in [6, 6.07) is 0.773. The lowest BCUT2D eigenvalue weighted by Crippen LogP contribution is -2.36. The number of nitrogens with zero attached hydrogens (tertiary/aromatic N) is 1. The zero-order valence-electron chi connectivity index (χ0n) is 9.53. The second-order valence-electron chi connectivity index (χ2n) is 3.57. The van der Waals surface area contributed by atoms with E-state index in [0.717, 1.165) is 6.20 Å². The Balaban J connectivity index is 2.65. The van der Waals surface area contributed by atoms with Crippen LogP contribution in [-0.4, -0.2) is 24.1 Å². The molecule has 1 aromatic rings. The van der Waals surface area contributed by atoms with E-state index in [0.29, 0.717) is 5.56 Å². The first kappa shape index (κ1) is 12.6. The van der Waals surface area contributed by atoms with Crippen molar-refractivity contribution >= 4 is 5.97 Å². The number of hydrogen-bond donors (Lipinski definition) is 1. The lowest BCUT2D eigenvalue weighted by atomic mass is 10.1. The number of carbonyl (C=O) groups excluding carboxylic acids is 1. The van der Waals surface area contributed by atoms with Gasteiger partial charge in [-0.3, -0.25) is 15.1 Å². The third kappa shape index (κ3) is 3.27. The summed E-state index contributed by atoms with van der Waals surface area (Å²) in [6.07, 6.45) is 2.70. The van der Waals surface area contributed by atoms with Crippen LogP contribution in [0, 0.1) is 5.82 Å². The van der Waals surface area contributed by atoms with Crippen LogP contribution in [0.2, 0.25) is 0 Å². The molecule has 0 spiro atoms. The van der Waals surface area contributed by atoms with Crippen molar-refractivity contribution in [2.75, 3.05) is 7.11 Å². The second-order valence-corrected chi connectivity index (χ2v) is 3.57. The molecule has 0 aromatic carbocycles. The summed E-state index contributed by atoms with van der Waals surface area (Å²) in [7, 11) is 1.33. The SMILES string of the molecule is COC(=O)[C@H](C)NC(C)c1cncc(F)c1. The second kappa shape index (κ2) is 5.55. The number of pyridine rings is 1. The van der Waals surface area contributed by atoms with Gasteiger partial charge in [0.05, 0.1) is 13.3 Å². The maximum absolute atomic E-state index is 12.9. The lowest BCUT2D eigenvalue weighted by Gasteiger charge is -2.18. The molecule has 1 N–H and O–H groups in total. The number of aromatic nitrogens is 1. The van der Waals surface area contributed by atoms with Crippen molar-refractivity contribution in [3.63, 3.8) is 0 Å². The quantitative estimate of drug-likeness (QED) is 0.789. The van der Waals surface area contributed by atoms with Crippen LogP contribution in [0.5, 0.6) is 0 Å². The highest BCUT2D eigenvalue weighted by Crippen LogP contribution is 2.12. The van der Waals surface area contributed by atoms with Gasteiger partial charge in [-0.1, -0.05) is 0 Å². The van der Waals surface area contributed by atoms with Gasteiger partial charge in [-0.15, -0.1) is 0 Å². The monoisotopic (exact) mass is 226 g/mol. The molecule has 5 heteroatoms. The summed E-state index contributed by atoms with van der Waals surface area (Å²) in [5.41, 5.74) is 0.691. The maximum atomic E-state index is 12.9. The predicted molar refractivity (Wildman–Crippen MR) is 57.2 cm³/mol. The molecule has 88 valence electrons. The van der Waals surface area contributed by atoms with Gasteiger partial charge in [0.25, 0.3) is 0 Å². The third-order valence-corrected chi connectivity index (χ3v) is 2.28. The van der Waals surface area contributed by atoms with Crippen LogP contribution in [0.4, 0.5) is 4.39 Å². The van der Waals surface area contributed by atoms with Gasteiger partial charge in [-0.25, -0.2) is 4.39 Å². The minimum Gasteiger partial charge on any atom is -0.468 e. The van der Waals surface area contributed by atoms with Crippen LogP contribution in [0.25, 0.3) is 0 Å². The normalized spacial score (nSPS) is 14.2. The average Bonchev–Trinajstić information content (AvgIpc) is 2.27. The van der Waals surface area contributed by atoms with E-state index in [-0.39, 0.29) is 12.0 Å². The summed E-state index contributed by atoms with van der Waals surface area (Å²) in [5.74, 6) is -0.743. The Labute approximate surface area is 93.8 Å². The highest BCUT2D eigenvalue weighted by molar-refractivity contribution is 5.75. The van der Waals surface area contributed by atoms with Crippen LogP contribution in [0.3, 0.4) is 0 Å². The first-order valence-corrected chi connectivity index (χ1v) is 4.99. The molecule has 0 amide bonds. The molecular weight excluding hydrogens is 211 g/mol. The summed E-state index contributed by atoms with van der Waals surface area (Å²) in [5, 5.41) is 2.99. The summed E-state index contributed by atoms with van der Waals surface area (Å²) in [6.45, 7) is 3.52. The molecule has 0 radical (unpaired) electrons. The van der Waals surface area contributed by atoms with E-state index in [4.69, 9.17) is 0 Å². The minimum atomic E-state index is -0.441. The molecule has 0 saturated heterocycles. The molecule has 4 nitrogen and oxygen atoms in total. The molecule has 0 saturated carbocycles. The Morgan fingerprint density at radius 3 is 2.75 bits per heavy atom. The number of hydrogen-bond acceptors (Lipinski definition) is 4. The number of esters is 1. The van der Waals surface area contributed by atoms with Crippen molar-refractivity contribution in [3.05, 3.63) is 29.8 Å². The van der Waals surface area contributed by atoms with Crippen LogP contribution in [-0.2, 0) is 9.53 Å². The van der Waals surface area contributed by atoms with E-state index in [1.54, 1.807) is 13.1 Å². The molecule has 0 bridgehead atoms. The first-order chi connectivity index (χ1) is 7.54. The number of rotatable bonds is 4. The molecule has 2 atom stereocenters. The van der Waals surface area contributed by atoms with Gasteiger partial charge in [0.2, 0.25) is 0 Å². The number of halogens is 1. The molecule has 1 unspecified atom stereocenters. The Morgan fingerprint density at radius 2 is 2.19 bits per heavy atom. The van der Waals surface area contributed by atoms with Gasteiger partial charge in [-0.05, 0) is 25.5 Å². The van der Waals surface area contributed by atoms with Gasteiger partial charge in [0.1, 0.15) is 11.9 Å². The van der Waals surface area contributed by atoms with E-state index in [1.165, 1.54) is 13.2 Å². The van der Waals surface area contributed by atoms with Crippen molar-refractivity contribution in [1.82, 2.24) is 10.3 Å². The summed E-state index contributed by atoms with van der Waals surface area (Å²) >= 11 is 0. The van der Waals surface area contributed by atoms with E-state index >= 15 is 0 Å². The number of carbonyl (C=O) groups is 1. The van der Waals surface area contributed by atoms with Crippen LogP contribution < -0.4 is 5.32 Å². The fourth-order valence-corrected chi connectivity index (χ4v) is 1.38. The zero-order chi connectivity index (χ0) is 12.1. The van der Waals surface area contributed by atoms with Gasteiger partial charge in [0.15, 0.2) is 0 Å². The standard InChI is InChI=1S/C11H15FN2O2/c1-7(14-8(2)11(15)16-3)9-4-10(12)6-13-5-9/h4-8,14H,1-3H3/t7?,8-/m0/s1. The van der Waals surface area contributed by atoms with E-state index < -0.39 is 11.9 Å².